The highest BCUT2D eigenvalue weighted by molar-refractivity contribution is 7.87. The summed E-state index contributed by atoms with van der Waals surface area (Å²) in [5.41, 5.74) is 2.15. The molecule has 0 saturated carbocycles. The Labute approximate surface area is 258 Å². The maximum absolute atomic E-state index is 12.6. The van der Waals surface area contributed by atoms with Gasteiger partial charge in [-0.3, -0.25) is 0 Å². The number of esters is 1. The van der Waals surface area contributed by atoms with Gasteiger partial charge >= 0.3 is 5.97 Å². The van der Waals surface area contributed by atoms with Crippen molar-refractivity contribution in [3.63, 3.8) is 0 Å². The van der Waals surface area contributed by atoms with Crippen molar-refractivity contribution in [2.24, 2.45) is 4.74 Å². The van der Waals surface area contributed by atoms with E-state index >= 15 is 0 Å². The fourth-order valence-electron chi connectivity index (χ4n) is 5.08. The molecule has 0 aliphatic carbocycles. The number of aromatic nitrogens is 1. The Morgan fingerprint density at radius 1 is 0.795 bits per heavy atom. The maximum atomic E-state index is 12.6. The van der Waals surface area contributed by atoms with Gasteiger partial charge in [-0.2, -0.15) is 10.2 Å². The summed E-state index contributed by atoms with van der Waals surface area (Å²) >= 11 is 0. The lowest BCUT2D eigenvalue weighted by molar-refractivity contribution is -0.137. The van der Waals surface area contributed by atoms with Crippen LogP contribution >= 0.6 is 7.05 Å². The predicted octanol–water partition coefficient (Wildman–Crippen LogP) is 7.40. The third-order valence-electron chi connectivity index (χ3n) is 6.94. The number of hydrogen-bond acceptors (Lipinski definition) is 6. The number of ether oxygens (including phenoxy) is 2. The van der Waals surface area contributed by atoms with Gasteiger partial charge in [0.1, 0.15) is 11.6 Å². The molecule has 218 valence electrons. The number of hydrogen-bond donors (Lipinski definition) is 0. The summed E-state index contributed by atoms with van der Waals surface area (Å²) in [5, 5.41) is 13.5. The van der Waals surface area contributed by atoms with Crippen LogP contribution in [0.1, 0.15) is 25.0 Å². The molecule has 0 fully saturated rings. The van der Waals surface area contributed by atoms with Crippen molar-refractivity contribution < 1.29 is 14.3 Å². The van der Waals surface area contributed by atoms with Gasteiger partial charge in [-0.25, -0.2) is 9.54 Å². The summed E-state index contributed by atoms with van der Waals surface area (Å²) in [4.78, 5) is 17.5. The van der Waals surface area contributed by atoms with Gasteiger partial charge in [0.05, 0.1) is 20.3 Å². The molecule has 7 heteroatoms. The fourth-order valence-corrected chi connectivity index (χ4v) is 8.57. The van der Waals surface area contributed by atoms with Crippen LogP contribution in [0.4, 0.5) is 5.82 Å². The van der Waals surface area contributed by atoms with E-state index in [1.807, 2.05) is 91.9 Å². The van der Waals surface area contributed by atoms with Gasteiger partial charge in [0.25, 0.3) is 0 Å². The second-order valence-corrected chi connectivity index (χ2v) is 12.7. The first-order chi connectivity index (χ1) is 21.6. The van der Waals surface area contributed by atoms with E-state index in [4.69, 9.17) is 19.2 Å². The second-order valence-electron chi connectivity index (χ2n) is 9.64. The number of nitriles is 1. The molecule has 0 amide bonds. The maximum Gasteiger partial charge on any atom is 0.330 e. The number of carbonyl (C=O) groups excluding carboxylic acids is 1. The van der Waals surface area contributed by atoms with Gasteiger partial charge in [0.15, 0.2) is 5.82 Å². The third-order valence-corrected chi connectivity index (χ3v) is 10.6. The molecule has 5 rings (SSSR count). The van der Waals surface area contributed by atoms with Crippen molar-refractivity contribution in [3.05, 3.63) is 139 Å². The lowest BCUT2D eigenvalue weighted by Gasteiger charge is -2.27. The minimum Gasteiger partial charge on any atom is -0.477 e. The topological polar surface area (TPSA) is 84.6 Å². The number of rotatable bonds is 10. The Balaban J connectivity index is 2.00. The normalized spacial score (nSPS) is 11.1. The van der Waals surface area contributed by atoms with Crippen LogP contribution in [0.5, 0.6) is 5.88 Å². The molecule has 0 bridgehead atoms. The SMILES string of the molecule is CCOC(=O)/C=C/c1c(N=P(c2ccccc2)(c2ccccc2)c2ccccc2)nc(OCC)c(C#N)c1-c1ccccc1. The predicted molar refractivity (Wildman–Crippen MR) is 178 cm³/mol. The first-order valence-corrected chi connectivity index (χ1v) is 16.2. The lowest BCUT2D eigenvalue weighted by atomic mass is 9.95. The van der Waals surface area contributed by atoms with Crippen LogP contribution in [-0.2, 0) is 9.53 Å². The minimum absolute atomic E-state index is 0.188. The average molecular weight is 598 g/mol. The molecule has 0 spiro atoms. The van der Waals surface area contributed by atoms with E-state index in [0.29, 0.717) is 23.6 Å². The van der Waals surface area contributed by atoms with Gasteiger partial charge in [0, 0.05) is 33.1 Å². The zero-order valence-electron chi connectivity index (χ0n) is 24.6. The van der Waals surface area contributed by atoms with Crippen LogP contribution in [0.2, 0.25) is 0 Å². The number of carbonyl (C=O) groups is 1. The Bertz CT molecular complexity index is 1750. The lowest BCUT2D eigenvalue weighted by Crippen LogP contribution is -2.25. The van der Waals surface area contributed by atoms with Gasteiger partial charge in [-0.05, 0) is 25.5 Å². The van der Waals surface area contributed by atoms with Crippen molar-refractivity contribution in [3.8, 4) is 23.1 Å². The number of benzene rings is 4. The van der Waals surface area contributed by atoms with Crippen molar-refractivity contribution in [1.29, 1.82) is 5.26 Å². The highest BCUT2D eigenvalue weighted by Crippen LogP contribution is 2.51. The van der Waals surface area contributed by atoms with Crippen LogP contribution in [0.25, 0.3) is 17.2 Å². The minimum atomic E-state index is -2.76. The molecule has 0 saturated heterocycles. The van der Waals surface area contributed by atoms with Crippen molar-refractivity contribution in [2.45, 2.75) is 13.8 Å². The van der Waals surface area contributed by atoms with Crippen LogP contribution in [0, 0.1) is 11.3 Å². The Hall–Kier alpha value is -5.24. The molecule has 0 aliphatic rings. The van der Waals surface area contributed by atoms with Crippen LogP contribution < -0.4 is 20.7 Å². The summed E-state index contributed by atoms with van der Waals surface area (Å²) in [6.07, 6.45) is 3.01. The molecule has 0 N–H and O–H groups in total. The fraction of sp³-hybridized carbons (Fsp3) is 0.108. The Morgan fingerprint density at radius 2 is 1.30 bits per heavy atom. The molecular formula is C37H32N3O3P. The standard InChI is InChI=1S/C37H32N3O3P/c1-3-42-34(41)26-25-32-35(28-17-9-5-10-18-28)33(27-38)37(43-4-2)39-36(32)40-44(29-19-11-6-12-20-29,30-21-13-7-14-22-30)31-23-15-8-16-24-31/h5-26H,3-4H2,1-2H3/b26-25+. The molecule has 5 aromatic rings. The molecule has 0 atom stereocenters. The summed E-state index contributed by atoms with van der Waals surface area (Å²) in [6, 6.07) is 42.5. The van der Waals surface area contributed by atoms with Crippen molar-refractivity contribution in [2.75, 3.05) is 13.2 Å². The zero-order valence-corrected chi connectivity index (χ0v) is 25.5. The molecule has 44 heavy (non-hydrogen) atoms. The zero-order chi connectivity index (χ0) is 30.8. The molecule has 0 radical (unpaired) electrons. The second kappa shape index (κ2) is 14.3. The molecule has 1 heterocycles. The number of pyridine rings is 1. The summed E-state index contributed by atoms with van der Waals surface area (Å²) in [6.45, 7) is 4.16. The quantitative estimate of drug-likeness (QED) is 0.0951. The molecule has 6 nitrogen and oxygen atoms in total. The molecule has 0 aliphatic heterocycles. The van der Waals surface area contributed by atoms with Gasteiger partial charge in [-0.15, -0.1) is 0 Å². The molecule has 4 aromatic carbocycles. The van der Waals surface area contributed by atoms with Crippen LogP contribution in [0.15, 0.2) is 132 Å². The monoisotopic (exact) mass is 597 g/mol. The van der Waals surface area contributed by atoms with E-state index in [1.54, 1.807) is 13.0 Å². The molecular weight excluding hydrogens is 565 g/mol. The van der Waals surface area contributed by atoms with Crippen molar-refractivity contribution >= 4 is 40.8 Å². The first kappa shape index (κ1) is 30.2. The van der Waals surface area contributed by atoms with E-state index in [9.17, 15) is 10.1 Å². The highest BCUT2D eigenvalue weighted by atomic mass is 31.2. The summed E-state index contributed by atoms with van der Waals surface area (Å²) < 4.78 is 16.8. The van der Waals surface area contributed by atoms with E-state index in [1.165, 1.54) is 6.08 Å². The van der Waals surface area contributed by atoms with E-state index in [0.717, 1.165) is 21.5 Å². The highest BCUT2D eigenvalue weighted by Gasteiger charge is 2.30. The third kappa shape index (κ3) is 6.24. The van der Waals surface area contributed by atoms with Gasteiger partial charge in [-0.1, -0.05) is 121 Å². The van der Waals surface area contributed by atoms with E-state index in [-0.39, 0.29) is 18.1 Å². The van der Waals surface area contributed by atoms with Gasteiger partial charge in [0.2, 0.25) is 5.88 Å². The largest absolute Gasteiger partial charge is 0.477 e. The van der Waals surface area contributed by atoms with Gasteiger partial charge < -0.3 is 9.47 Å². The Morgan fingerprint density at radius 3 is 1.75 bits per heavy atom. The van der Waals surface area contributed by atoms with Crippen LogP contribution in [-0.4, -0.2) is 24.2 Å². The molecule has 0 unspecified atom stereocenters. The van der Waals surface area contributed by atoms with E-state index < -0.39 is 13.0 Å². The summed E-state index contributed by atoms with van der Waals surface area (Å²) in [5.74, 6) is 0.0463. The van der Waals surface area contributed by atoms with Crippen molar-refractivity contribution in [1.82, 2.24) is 4.98 Å². The van der Waals surface area contributed by atoms with E-state index in [2.05, 4.69) is 42.5 Å². The smallest absolute Gasteiger partial charge is 0.330 e. The number of nitrogens with zero attached hydrogens (tertiary/aromatic N) is 3. The summed E-state index contributed by atoms with van der Waals surface area (Å²) in [7, 11) is -2.76. The average Bonchev–Trinajstić information content (AvgIpc) is 3.08. The first-order valence-electron chi connectivity index (χ1n) is 14.4. The molecule has 1 aromatic heterocycles. The van der Waals surface area contributed by atoms with Crippen LogP contribution in [0.3, 0.4) is 0 Å². The Kier molecular flexibility index (Phi) is 9.81.